The molecule has 15 heavy (non-hydrogen) atoms. The molecule has 0 unspecified atom stereocenters. The molecule has 0 saturated heterocycles. The molecule has 0 saturated carbocycles. The van der Waals surface area contributed by atoms with Crippen molar-refractivity contribution in [1.29, 1.82) is 0 Å². The molecular weight excluding hydrogens is 192 g/mol. The topological polar surface area (TPSA) is 57.5 Å². The molecule has 3 heteroatoms. The molecule has 0 aromatic heterocycles. The summed E-state index contributed by atoms with van der Waals surface area (Å²) >= 11 is 0. The number of rotatable bonds is 3. The van der Waals surface area contributed by atoms with Crippen LogP contribution in [0.4, 0.5) is 0 Å². The van der Waals surface area contributed by atoms with E-state index in [0.717, 1.165) is 11.6 Å². The summed E-state index contributed by atoms with van der Waals surface area (Å²) in [6, 6.07) is 5.15. The summed E-state index contributed by atoms with van der Waals surface area (Å²) in [5, 5.41) is 18.3. The monoisotopic (exact) mass is 206 g/mol. The maximum absolute atomic E-state index is 10.6. The number of carboxylic acids is 1. The lowest BCUT2D eigenvalue weighted by Crippen LogP contribution is -1.93. The molecule has 0 fully saturated rings. The smallest absolute Gasteiger partial charge is 0.328 e. The highest BCUT2D eigenvalue weighted by Crippen LogP contribution is 2.27. The number of allylic oxidation sites excluding steroid dienone is 1. The van der Waals surface area contributed by atoms with Crippen LogP contribution in [0.1, 0.15) is 24.5 Å². The zero-order chi connectivity index (χ0) is 11.4. The third kappa shape index (κ3) is 2.84. The van der Waals surface area contributed by atoms with Crippen molar-refractivity contribution in [3.8, 4) is 5.75 Å². The Morgan fingerprint density at radius 3 is 2.67 bits per heavy atom. The van der Waals surface area contributed by atoms with Gasteiger partial charge in [0, 0.05) is 11.6 Å². The van der Waals surface area contributed by atoms with E-state index < -0.39 is 5.97 Å². The number of phenols is 1. The maximum atomic E-state index is 10.6. The average molecular weight is 206 g/mol. The predicted octanol–water partition coefficient (Wildman–Crippen LogP) is 2.58. The maximum Gasteiger partial charge on any atom is 0.328 e. The molecule has 0 aliphatic heterocycles. The lowest BCUT2D eigenvalue weighted by Gasteiger charge is -2.07. The van der Waals surface area contributed by atoms with Gasteiger partial charge in [-0.3, -0.25) is 0 Å². The molecule has 0 amide bonds. The number of hydrogen-bond acceptors (Lipinski definition) is 2. The highest BCUT2D eigenvalue weighted by atomic mass is 16.4. The van der Waals surface area contributed by atoms with Crippen LogP contribution in [0.15, 0.2) is 24.3 Å². The van der Waals surface area contributed by atoms with Gasteiger partial charge in [0.25, 0.3) is 0 Å². The number of aryl methyl sites for hydroxylation is 1. The number of aliphatic carboxylic acids is 1. The van der Waals surface area contributed by atoms with E-state index in [1.165, 1.54) is 0 Å². The van der Waals surface area contributed by atoms with Gasteiger partial charge in [-0.2, -0.15) is 0 Å². The number of aromatic hydroxyl groups is 1. The van der Waals surface area contributed by atoms with Crippen molar-refractivity contribution in [2.45, 2.75) is 20.3 Å². The lowest BCUT2D eigenvalue weighted by atomic mass is 10.00. The van der Waals surface area contributed by atoms with E-state index in [1.807, 2.05) is 13.8 Å². The van der Waals surface area contributed by atoms with Crippen molar-refractivity contribution >= 4 is 11.5 Å². The lowest BCUT2D eigenvalue weighted by molar-refractivity contribution is -0.131. The predicted molar refractivity (Wildman–Crippen MR) is 58.7 cm³/mol. The minimum Gasteiger partial charge on any atom is -0.507 e. The van der Waals surface area contributed by atoms with Crippen molar-refractivity contribution in [3.63, 3.8) is 0 Å². The Bertz CT molecular complexity index is 405. The number of phenolic OH excluding ortho intramolecular Hbond substituents is 1. The van der Waals surface area contributed by atoms with E-state index in [4.69, 9.17) is 5.11 Å². The van der Waals surface area contributed by atoms with Crippen LogP contribution in [0.5, 0.6) is 5.75 Å². The summed E-state index contributed by atoms with van der Waals surface area (Å²) in [5.41, 5.74) is 2.22. The van der Waals surface area contributed by atoms with Gasteiger partial charge in [0.15, 0.2) is 0 Å². The zero-order valence-corrected chi connectivity index (χ0v) is 8.82. The standard InChI is InChI=1S/C12H14O3/c1-3-9(7-12(14)15)10-6-8(2)4-5-11(10)13/h4-7,13H,3H2,1-2H3,(H,14,15)/b9-7+. The van der Waals surface area contributed by atoms with E-state index in [9.17, 15) is 9.90 Å². The molecule has 3 nitrogen and oxygen atoms in total. The summed E-state index contributed by atoms with van der Waals surface area (Å²) < 4.78 is 0. The van der Waals surface area contributed by atoms with Crippen LogP contribution in [-0.2, 0) is 4.79 Å². The Hall–Kier alpha value is -1.77. The first-order chi connectivity index (χ1) is 7.04. The Morgan fingerprint density at radius 2 is 2.13 bits per heavy atom. The molecule has 80 valence electrons. The van der Waals surface area contributed by atoms with Gasteiger partial charge >= 0.3 is 5.97 Å². The van der Waals surface area contributed by atoms with E-state index >= 15 is 0 Å². The highest BCUT2D eigenvalue weighted by Gasteiger charge is 2.07. The van der Waals surface area contributed by atoms with E-state index in [2.05, 4.69) is 0 Å². The van der Waals surface area contributed by atoms with Crippen LogP contribution in [0.25, 0.3) is 5.57 Å². The van der Waals surface area contributed by atoms with Gasteiger partial charge in [-0.1, -0.05) is 18.6 Å². The van der Waals surface area contributed by atoms with E-state index in [0.29, 0.717) is 17.6 Å². The molecular formula is C12H14O3. The molecule has 0 aliphatic rings. The first-order valence-corrected chi connectivity index (χ1v) is 4.78. The normalized spacial score (nSPS) is 11.5. The molecule has 1 aromatic rings. The van der Waals surface area contributed by atoms with Gasteiger partial charge in [0.05, 0.1) is 0 Å². The molecule has 0 spiro atoms. The van der Waals surface area contributed by atoms with Crippen molar-refractivity contribution in [1.82, 2.24) is 0 Å². The highest BCUT2D eigenvalue weighted by molar-refractivity contribution is 5.90. The average Bonchev–Trinajstić information content (AvgIpc) is 2.18. The minimum absolute atomic E-state index is 0.120. The third-order valence-corrected chi connectivity index (χ3v) is 2.18. The fraction of sp³-hybridized carbons (Fsp3) is 0.250. The number of carboxylic acid groups (broad SMARTS) is 1. The van der Waals surface area contributed by atoms with Crippen LogP contribution >= 0.6 is 0 Å². The summed E-state index contributed by atoms with van der Waals surface area (Å²) in [6.07, 6.45) is 1.71. The van der Waals surface area contributed by atoms with E-state index in [-0.39, 0.29) is 5.75 Å². The van der Waals surface area contributed by atoms with Gasteiger partial charge in [0.2, 0.25) is 0 Å². The largest absolute Gasteiger partial charge is 0.507 e. The van der Waals surface area contributed by atoms with Gasteiger partial charge < -0.3 is 10.2 Å². The van der Waals surface area contributed by atoms with Gasteiger partial charge in [-0.05, 0) is 31.1 Å². The van der Waals surface area contributed by atoms with Crippen LogP contribution in [-0.4, -0.2) is 16.2 Å². The summed E-state index contributed by atoms with van der Waals surface area (Å²) in [6.45, 7) is 3.76. The van der Waals surface area contributed by atoms with Gasteiger partial charge in [-0.15, -0.1) is 0 Å². The van der Waals surface area contributed by atoms with Crippen molar-refractivity contribution < 1.29 is 15.0 Å². The number of benzene rings is 1. The Kier molecular flexibility index (Phi) is 3.50. The van der Waals surface area contributed by atoms with Crippen LogP contribution < -0.4 is 0 Å². The summed E-state index contributed by atoms with van der Waals surface area (Å²) in [7, 11) is 0. The van der Waals surface area contributed by atoms with Crippen LogP contribution in [0.2, 0.25) is 0 Å². The summed E-state index contributed by atoms with van der Waals surface area (Å²) in [4.78, 5) is 10.6. The van der Waals surface area contributed by atoms with Gasteiger partial charge in [0.1, 0.15) is 5.75 Å². The first-order valence-electron chi connectivity index (χ1n) is 4.78. The number of hydrogen-bond donors (Lipinski definition) is 2. The molecule has 0 atom stereocenters. The molecule has 1 aromatic carbocycles. The molecule has 0 radical (unpaired) electrons. The third-order valence-electron chi connectivity index (χ3n) is 2.18. The minimum atomic E-state index is -0.993. The molecule has 0 aliphatic carbocycles. The summed E-state index contributed by atoms with van der Waals surface area (Å²) in [5.74, 6) is -0.872. The molecule has 1 rings (SSSR count). The van der Waals surface area contributed by atoms with Crippen molar-refractivity contribution in [2.75, 3.05) is 0 Å². The van der Waals surface area contributed by atoms with Gasteiger partial charge in [-0.25, -0.2) is 4.79 Å². The van der Waals surface area contributed by atoms with E-state index in [1.54, 1.807) is 18.2 Å². The fourth-order valence-electron chi connectivity index (χ4n) is 1.43. The second kappa shape index (κ2) is 4.64. The Morgan fingerprint density at radius 1 is 1.47 bits per heavy atom. The molecule has 0 bridgehead atoms. The Balaban J connectivity index is 3.23. The van der Waals surface area contributed by atoms with Crippen LogP contribution in [0.3, 0.4) is 0 Å². The Labute approximate surface area is 88.7 Å². The quantitative estimate of drug-likeness (QED) is 0.747. The first kappa shape index (κ1) is 11.3. The van der Waals surface area contributed by atoms with Crippen molar-refractivity contribution in [3.05, 3.63) is 35.4 Å². The fourth-order valence-corrected chi connectivity index (χ4v) is 1.43. The zero-order valence-electron chi connectivity index (χ0n) is 8.82. The SMILES string of the molecule is CC/C(=C\C(=O)O)c1cc(C)ccc1O. The molecule has 0 heterocycles. The second-order valence-corrected chi connectivity index (χ2v) is 3.38. The van der Waals surface area contributed by atoms with Crippen LogP contribution in [0, 0.1) is 6.92 Å². The molecule has 2 N–H and O–H groups in total. The number of carbonyl (C=O) groups is 1. The van der Waals surface area contributed by atoms with Crippen molar-refractivity contribution in [2.24, 2.45) is 0 Å². The second-order valence-electron chi connectivity index (χ2n) is 3.38.